The zero-order chi connectivity index (χ0) is 18.4. The molecule has 0 bridgehead atoms. The highest BCUT2D eigenvalue weighted by molar-refractivity contribution is 9.10. The fraction of sp³-hybridized carbons (Fsp3) is 0.263. The number of aromatic amines is 1. The van der Waals surface area contributed by atoms with E-state index in [2.05, 4.69) is 33.2 Å². The summed E-state index contributed by atoms with van der Waals surface area (Å²) in [6.45, 7) is 2.20. The van der Waals surface area contributed by atoms with Crippen LogP contribution >= 0.6 is 27.3 Å². The Balaban J connectivity index is 1.78. The molecule has 7 heteroatoms. The van der Waals surface area contributed by atoms with Crippen LogP contribution in [0, 0.1) is 5.92 Å². The largest absolute Gasteiger partial charge is 0.506 e. The maximum Gasteiger partial charge on any atom is 0.265 e. The number of aromatic nitrogens is 1. The lowest BCUT2D eigenvalue weighted by Gasteiger charge is -2.18. The number of aromatic hydroxyl groups is 1. The first-order valence-corrected chi connectivity index (χ1v) is 10.0. The summed E-state index contributed by atoms with van der Waals surface area (Å²) in [5, 5.41) is 14.0. The van der Waals surface area contributed by atoms with Crippen LogP contribution in [0.15, 0.2) is 33.5 Å². The summed E-state index contributed by atoms with van der Waals surface area (Å²) in [5.74, 6) is -0.243. The number of halogens is 1. The quantitative estimate of drug-likeness (QED) is 0.559. The van der Waals surface area contributed by atoms with Gasteiger partial charge < -0.3 is 15.4 Å². The minimum absolute atomic E-state index is 0.217. The molecule has 0 unspecified atom stereocenters. The van der Waals surface area contributed by atoms with Gasteiger partial charge in [-0.2, -0.15) is 0 Å². The first-order chi connectivity index (χ1) is 12.4. The number of rotatable bonds is 2. The predicted octanol–water partition coefficient (Wildman–Crippen LogP) is 4.43. The molecule has 0 aliphatic heterocycles. The molecule has 0 saturated heterocycles. The van der Waals surface area contributed by atoms with E-state index in [9.17, 15) is 14.7 Å². The van der Waals surface area contributed by atoms with Crippen LogP contribution in [-0.2, 0) is 12.8 Å². The zero-order valence-corrected chi connectivity index (χ0v) is 16.5. The minimum atomic E-state index is -0.614. The normalized spacial score (nSPS) is 16.5. The van der Waals surface area contributed by atoms with Crippen molar-refractivity contribution in [3.8, 4) is 5.75 Å². The van der Waals surface area contributed by atoms with E-state index in [1.807, 2.05) is 0 Å². The third kappa shape index (κ3) is 2.95. The summed E-state index contributed by atoms with van der Waals surface area (Å²) >= 11 is 4.84. The Morgan fingerprint density at radius 3 is 2.81 bits per heavy atom. The fourth-order valence-electron chi connectivity index (χ4n) is 3.42. The number of anilines is 1. The van der Waals surface area contributed by atoms with Crippen molar-refractivity contribution in [1.82, 2.24) is 4.98 Å². The Morgan fingerprint density at radius 1 is 1.35 bits per heavy atom. The minimum Gasteiger partial charge on any atom is -0.506 e. The third-order valence-electron chi connectivity index (χ3n) is 4.77. The number of amides is 1. The van der Waals surface area contributed by atoms with Gasteiger partial charge in [-0.25, -0.2) is 0 Å². The Morgan fingerprint density at radius 2 is 2.08 bits per heavy atom. The summed E-state index contributed by atoms with van der Waals surface area (Å²) < 4.78 is 0.886. The molecule has 134 valence electrons. The summed E-state index contributed by atoms with van der Waals surface area (Å²) in [6, 6.07) is 7.03. The number of fused-ring (bicyclic) bond motifs is 3. The lowest BCUT2D eigenvalue weighted by atomic mass is 9.89. The summed E-state index contributed by atoms with van der Waals surface area (Å²) in [4.78, 5) is 29.7. The highest BCUT2D eigenvalue weighted by Crippen LogP contribution is 2.41. The number of carbonyl (C=O) groups excluding carboxylic acids is 1. The number of hydrogen-bond acceptors (Lipinski definition) is 4. The van der Waals surface area contributed by atoms with Gasteiger partial charge in [-0.15, -0.1) is 11.3 Å². The molecular formula is C19H17BrN2O3S. The highest BCUT2D eigenvalue weighted by atomic mass is 79.9. The van der Waals surface area contributed by atoms with E-state index in [1.54, 1.807) is 24.3 Å². The second-order valence-corrected chi connectivity index (χ2v) is 8.72. The first kappa shape index (κ1) is 17.3. The van der Waals surface area contributed by atoms with Crippen molar-refractivity contribution in [2.75, 3.05) is 5.32 Å². The van der Waals surface area contributed by atoms with E-state index in [0.29, 0.717) is 21.8 Å². The number of hydrogen-bond donors (Lipinski definition) is 3. The van der Waals surface area contributed by atoms with Crippen LogP contribution < -0.4 is 10.9 Å². The van der Waals surface area contributed by atoms with E-state index in [1.165, 1.54) is 16.2 Å². The SMILES string of the molecule is C[C@H]1CCc2c(sc3[nH]c(=O)c(C(=O)Nc4ccc(Br)cc4)c(O)c23)C1. The second kappa shape index (κ2) is 6.55. The van der Waals surface area contributed by atoms with Crippen LogP contribution in [0.3, 0.4) is 0 Å². The molecule has 0 radical (unpaired) electrons. The molecule has 4 rings (SSSR count). The van der Waals surface area contributed by atoms with Crippen molar-refractivity contribution in [1.29, 1.82) is 0 Å². The fourth-order valence-corrected chi connectivity index (χ4v) is 5.10. The number of nitrogens with one attached hydrogen (secondary N) is 2. The van der Waals surface area contributed by atoms with Crippen LogP contribution in [0.2, 0.25) is 0 Å². The van der Waals surface area contributed by atoms with Gasteiger partial charge in [0.25, 0.3) is 11.5 Å². The van der Waals surface area contributed by atoms with Gasteiger partial charge in [0.1, 0.15) is 16.1 Å². The van der Waals surface area contributed by atoms with Crippen LogP contribution in [0.25, 0.3) is 10.2 Å². The smallest absolute Gasteiger partial charge is 0.265 e. The topological polar surface area (TPSA) is 82.2 Å². The van der Waals surface area contributed by atoms with Crippen LogP contribution in [-0.4, -0.2) is 16.0 Å². The van der Waals surface area contributed by atoms with Crippen molar-refractivity contribution < 1.29 is 9.90 Å². The Labute approximate surface area is 162 Å². The van der Waals surface area contributed by atoms with Gasteiger partial charge in [-0.05, 0) is 55.0 Å². The average Bonchev–Trinajstić information content (AvgIpc) is 2.94. The molecule has 3 aromatic rings. The van der Waals surface area contributed by atoms with E-state index in [4.69, 9.17) is 0 Å². The summed E-state index contributed by atoms with van der Waals surface area (Å²) in [6.07, 6.45) is 2.83. The molecule has 1 aliphatic rings. The van der Waals surface area contributed by atoms with Gasteiger partial charge in [0.05, 0.1) is 5.39 Å². The summed E-state index contributed by atoms with van der Waals surface area (Å²) in [7, 11) is 0. The van der Waals surface area contributed by atoms with Gasteiger partial charge in [0.15, 0.2) is 0 Å². The first-order valence-electron chi connectivity index (χ1n) is 8.40. The Bertz CT molecular complexity index is 1070. The lowest BCUT2D eigenvalue weighted by molar-refractivity contribution is 0.102. The molecule has 2 aromatic heterocycles. The predicted molar refractivity (Wildman–Crippen MR) is 107 cm³/mol. The van der Waals surface area contributed by atoms with Crippen molar-refractivity contribution in [2.24, 2.45) is 5.92 Å². The highest BCUT2D eigenvalue weighted by Gasteiger charge is 2.27. The van der Waals surface area contributed by atoms with Crippen molar-refractivity contribution in [3.63, 3.8) is 0 Å². The third-order valence-corrected chi connectivity index (χ3v) is 6.47. The van der Waals surface area contributed by atoms with E-state index in [0.717, 1.165) is 29.3 Å². The monoisotopic (exact) mass is 432 g/mol. The van der Waals surface area contributed by atoms with Crippen molar-refractivity contribution in [3.05, 3.63) is 55.1 Å². The van der Waals surface area contributed by atoms with Gasteiger partial charge in [0, 0.05) is 15.0 Å². The zero-order valence-electron chi connectivity index (χ0n) is 14.1. The van der Waals surface area contributed by atoms with E-state index < -0.39 is 11.5 Å². The van der Waals surface area contributed by atoms with Crippen molar-refractivity contribution >= 4 is 49.1 Å². The van der Waals surface area contributed by atoms with Crippen molar-refractivity contribution in [2.45, 2.75) is 26.2 Å². The maximum atomic E-state index is 12.6. The Kier molecular flexibility index (Phi) is 4.36. The number of thiophene rings is 1. The molecule has 1 amide bonds. The van der Waals surface area contributed by atoms with E-state index in [-0.39, 0.29) is 11.3 Å². The molecular weight excluding hydrogens is 416 g/mol. The van der Waals surface area contributed by atoms with Gasteiger partial charge in [-0.1, -0.05) is 22.9 Å². The number of benzene rings is 1. The average molecular weight is 433 g/mol. The molecule has 0 spiro atoms. The van der Waals surface area contributed by atoms with Gasteiger partial charge in [-0.3, -0.25) is 9.59 Å². The number of carbonyl (C=O) groups is 1. The molecule has 0 saturated carbocycles. The van der Waals surface area contributed by atoms with Crippen LogP contribution in [0.5, 0.6) is 5.75 Å². The standard InChI is InChI=1S/C19H17BrN2O3S/c1-9-2-7-12-13(8-9)26-19-14(12)16(23)15(18(25)22-19)17(24)21-11-5-3-10(20)4-6-11/h3-6,9H,2,7-8H2,1H3,(H,21,24)(H2,22,23,25)/t9-/m0/s1. The molecule has 1 atom stereocenters. The lowest BCUT2D eigenvalue weighted by Crippen LogP contribution is -2.23. The summed E-state index contributed by atoms with van der Waals surface area (Å²) in [5.41, 5.74) is 0.809. The molecule has 0 fully saturated rings. The maximum absolute atomic E-state index is 12.6. The Hall–Kier alpha value is -2.12. The second-order valence-electron chi connectivity index (χ2n) is 6.69. The number of H-pyrrole nitrogens is 1. The van der Waals surface area contributed by atoms with Crippen LogP contribution in [0.4, 0.5) is 5.69 Å². The molecule has 1 aliphatic carbocycles. The number of pyridine rings is 1. The molecule has 26 heavy (non-hydrogen) atoms. The van der Waals surface area contributed by atoms with Gasteiger partial charge >= 0.3 is 0 Å². The molecule has 5 nitrogen and oxygen atoms in total. The molecule has 1 aromatic carbocycles. The van der Waals surface area contributed by atoms with Gasteiger partial charge in [0.2, 0.25) is 0 Å². The number of aryl methyl sites for hydroxylation is 1. The molecule has 2 heterocycles. The van der Waals surface area contributed by atoms with Crippen LogP contribution in [0.1, 0.15) is 34.1 Å². The van der Waals surface area contributed by atoms with E-state index >= 15 is 0 Å². The molecule has 3 N–H and O–H groups in total.